The third-order valence-electron chi connectivity index (χ3n) is 2.80. The van der Waals surface area contributed by atoms with Crippen molar-refractivity contribution in [2.45, 2.75) is 25.7 Å². The number of fused-ring (bicyclic) bond motifs is 1. The normalized spacial score (nSPS) is 18.9. The summed E-state index contributed by atoms with van der Waals surface area (Å²) in [6.45, 7) is 2.08. The number of pyridine rings is 1. The molecule has 0 saturated heterocycles. The van der Waals surface area contributed by atoms with Crippen molar-refractivity contribution >= 4 is 17.5 Å². The summed E-state index contributed by atoms with van der Waals surface area (Å²) in [5.41, 5.74) is 2.29. The molecule has 1 heterocycles. The number of carbonyl (C=O) groups is 1. The molecule has 0 aromatic carbocycles. The minimum Gasteiger partial charge on any atom is -0.298 e. The zero-order valence-electron chi connectivity index (χ0n) is 8.90. The molecule has 1 unspecified atom stereocenters. The van der Waals surface area contributed by atoms with Crippen LogP contribution in [0.5, 0.6) is 0 Å². The summed E-state index contributed by atoms with van der Waals surface area (Å²) in [7, 11) is 0. The Bertz CT molecular complexity index is 364. The molecule has 15 heavy (non-hydrogen) atoms. The van der Waals surface area contributed by atoms with Gasteiger partial charge in [0.25, 0.3) is 0 Å². The summed E-state index contributed by atoms with van der Waals surface area (Å²) < 4.78 is 0. The van der Waals surface area contributed by atoms with Crippen molar-refractivity contribution < 1.29 is 4.79 Å². The second kappa shape index (κ2) is 4.79. The Morgan fingerprint density at radius 3 is 3.33 bits per heavy atom. The van der Waals surface area contributed by atoms with E-state index in [1.807, 2.05) is 6.07 Å². The van der Waals surface area contributed by atoms with Crippen LogP contribution in [-0.2, 0) is 11.2 Å². The van der Waals surface area contributed by atoms with Gasteiger partial charge in [-0.25, -0.2) is 0 Å². The van der Waals surface area contributed by atoms with E-state index in [4.69, 9.17) is 0 Å². The zero-order valence-corrected chi connectivity index (χ0v) is 9.72. The first-order chi connectivity index (χ1) is 7.33. The van der Waals surface area contributed by atoms with Gasteiger partial charge >= 0.3 is 0 Å². The van der Waals surface area contributed by atoms with Crippen molar-refractivity contribution in [3.63, 3.8) is 0 Å². The minimum absolute atomic E-state index is 0.0697. The van der Waals surface area contributed by atoms with E-state index in [0.717, 1.165) is 24.3 Å². The SMILES string of the molecule is CCSCC(=O)C1CCc2cccnc21. The smallest absolute Gasteiger partial charge is 0.151 e. The lowest BCUT2D eigenvalue weighted by molar-refractivity contribution is -0.118. The maximum Gasteiger partial charge on any atom is 0.151 e. The van der Waals surface area contributed by atoms with Crippen LogP contribution < -0.4 is 0 Å². The van der Waals surface area contributed by atoms with Gasteiger partial charge in [-0.15, -0.1) is 0 Å². The topological polar surface area (TPSA) is 30.0 Å². The van der Waals surface area contributed by atoms with Crippen molar-refractivity contribution in [3.8, 4) is 0 Å². The van der Waals surface area contributed by atoms with Crippen LogP contribution in [0.4, 0.5) is 0 Å². The number of aromatic nitrogens is 1. The van der Waals surface area contributed by atoms with Crippen LogP contribution in [0.1, 0.15) is 30.5 Å². The summed E-state index contributed by atoms with van der Waals surface area (Å²) >= 11 is 1.70. The van der Waals surface area contributed by atoms with Gasteiger partial charge < -0.3 is 0 Å². The quantitative estimate of drug-likeness (QED) is 0.782. The second-order valence-electron chi connectivity index (χ2n) is 3.74. The molecular weight excluding hydrogens is 206 g/mol. The first-order valence-corrected chi connectivity index (χ1v) is 6.52. The third-order valence-corrected chi connectivity index (χ3v) is 3.69. The first kappa shape index (κ1) is 10.7. The molecular formula is C12H15NOS. The van der Waals surface area contributed by atoms with Crippen LogP contribution in [0.15, 0.2) is 18.3 Å². The zero-order chi connectivity index (χ0) is 10.7. The highest BCUT2D eigenvalue weighted by Gasteiger charge is 2.28. The molecule has 1 aromatic rings. The molecule has 0 amide bonds. The third kappa shape index (κ3) is 2.23. The molecule has 0 aliphatic heterocycles. The number of hydrogen-bond donors (Lipinski definition) is 0. The fourth-order valence-electron chi connectivity index (χ4n) is 2.03. The molecule has 2 nitrogen and oxygen atoms in total. The van der Waals surface area contributed by atoms with Gasteiger partial charge in [0.2, 0.25) is 0 Å². The number of Topliss-reactive ketones (excluding diaryl/α,β-unsaturated/α-hetero) is 1. The summed E-state index contributed by atoms with van der Waals surface area (Å²) in [4.78, 5) is 16.2. The van der Waals surface area contributed by atoms with E-state index in [1.165, 1.54) is 5.56 Å². The van der Waals surface area contributed by atoms with Gasteiger partial charge in [0, 0.05) is 6.20 Å². The number of hydrogen-bond acceptors (Lipinski definition) is 3. The van der Waals surface area contributed by atoms with Gasteiger partial charge in [0.05, 0.1) is 17.4 Å². The molecule has 0 bridgehead atoms. The van der Waals surface area contributed by atoms with Crippen molar-refractivity contribution in [1.82, 2.24) is 4.98 Å². The molecule has 1 aliphatic carbocycles. The standard InChI is InChI=1S/C12H15NOS/c1-2-15-8-11(14)10-6-5-9-4-3-7-13-12(9)10/h3-4,7,10H,2,5-6,8H2,1H3. The highest BCUT2D eigenvalue weighted by atomic mass is 32.2. The van der Waals surface area contributed by atoms with Crippen molar-refractivity contribution in [1.29, 1.82) is 0 Å². The molecule has 1 aromatic heterocycles. The largest absolute Gasteiger partial charge is 0.298 e. The number of thioether (sulfide) groups is 1. The first-order valence-electron chi connectivity index (χ1n) is 5.37. The summed E-state index contributed by atoms with van der Waals surface area (Å²) in [5, 5.41) is 0. The highest BCUT2D eigenvalue weighted by molar-refractivity contribution is 7.99. The van der Waals surface area contributed by atoms with E-state index in [1.54, 1.807) is 18.0 Å². The van der Waals surface area contributed by atoms with E-state index in [2.05, 4.69) is 18.0 Å². The number of ketones is 1. The van der Waals surface area contributed by atoms with Crippen LogP contribution >= 0.6 is 11.8 Å². The molecule has 1 atom stereocenters. The summed E-state index contributed by atoms with van der Waals surface area (Å²) in [5.74, 6) is 2.06. The lowest BCUT2D eigenvalue weighted by Crippen LogP contribution is -2.13. The summed E-state index contributed by atoms with van der Waals surface area (Å²) in [6.07, 6.45) is 3.75. The van der Waals surface area contributed by atoms with Crippen LogP contribution in [-0.4, -0.2) is 22.3 Å². The molecule has 3 heteroatoms. The molecule has 0 radical (unpaired) electrons. The minimum atomic E-state index is 0.0697. The lowest BCUT2D eigenvalue weighted by Gasteiger charge is -2.08. The predicted molar refractivity (Wildman–Crippen MR) is 63.3 cm³/mol. The maximum atomic E-state index is 11.9. The average molecular weight is 221 g/mol. The van der Waals surface area contributed by atoms with E-state index in [9.17, 15) is 4.79 Å². The molecule has 0 saturated carbocycles. The van der Waals surface area contributed by atoms with Crippen LogP contribution in [0.2, 0.25) is 0 Å². The number of aryl methyl sites for hydroxylation is 1. The fraction of sp³-hybridized carbons (Fsp3) is 0.500. The number of carbonyl (C=O) groups excluding carboxylic acids is 1. The Balaban J connectivity index is 2.10. The molecule has 0 N–H and O–H groups in total. The van der Waals surface area contributed by atoms with Crippen molar-refractivity contribution in [2.24, 2.45) is 0 Å². The number of rotatable bonds is 4. The van der Waals surface area contributed by atoms with Crippen molar-refractivity contribution in [2.75, 3.05) is 11.5 Å². The highest BCUT2D eigenvalue weighted by Crippen LogP contribution is 2.32. The van der Waals surface area contributed by atoms with Crippen LogP contribution in [0, 0.1) is 0 Å². The molecule has 0 fully saturated rings. The predicted octanol–water partition coefficient (Wildman–Crippen LogP) is 2.43. The Labute approximate surface area is 94.5 Å². The molecule has 0 spiro atoms. The monoisotopic (exact) mass is 221 g/mol. The second-order valence-corrected chi connectivity index (χ2v) is 5.02. The average Bonchev–Trinajstić information content (AvgIpc) is 2.69. The Morgan fingerprint density at radius 1 is 1.67 bits per heavy atom. The van der Waals surface area contributed by atoms with Gasteiger partial charge in [-0.1, -0.05) is 13.0 Å². The molecule has 80 valence electrons. The Hall–Kier alpha value is -0.830. The van der Waals surface area contributed by atoms with Crippen LogP contribution in [0.3, 0.4) is 0 Å². The van der Waals surface area contributed by atoms with Gasteiger partial charge in [0.1, 0.15) is 0 Å². The van der Waals surface area contributed by atoms with E-state index < -0.39 is 0 Å². The Kier molecular flexibility index (Phi) is 3.41. The van der Waals surface area contributed by atoms with E-state index in [0.29, 0.717) is 11.5 Å². The summed E-state index contributed by atoms with van der Waals surface area (Å²) in [6, 6.07) is 4.04. The maximum absolute atomic E-state index is 11.9. The lowest BCUT2D eigenvalue weighted by atomic mass is 10.0. The molecule has 1 aliphatic rings. The van der Waals surface area contributed by atoms with Gasteiger partial charge in [-0.2, -0.15) is 11.8 Å². The van der Waals surface area contributed by atoms with E-state index in [-0.39, 0.29) is 5.92 Å². The van der Waals surface area contributed by atoms with E-state index >= 15 is 0 Å². The van der Waals surface area contributed by atoms with Crippen LogP contribution in [0.25, 0.3) is 0 Å². The van der Waals surface area contributed by atoms with Gasteiger partial charge in [0.15, 0.2) is 5.78 Å². The van der Waals surface area contributed by atoms with Crippen molar-refractivity contribution in [3.05, 3.63) is 29.6 Å². The Morgan fingerprint density at radius 2 is 2.53 bits per heavy atom. The van der Waals surface area contributed by atoms with Gasteiger partial charge in [-0.05, 0) is 30.2 Å². The van der Waals surface area contributed by atoms with Gasteiger partial charge in [-0.3, -0.25) is 9.78 Å². The fourth-order valence-corrected chi connectivity index (χ4v) is 2.64. The molecule has 2 rings (SSSR count). The number of nitrogens with zero attached hydrogens (tertiary/aromatic N) is 1.